The number of aromatic nitrogens is 2. The van der Waals surface area contributed by atoms with Gasteiger partial charge >= 0.3 is 0 Å². The van der Waals surface area contributed by atoms with Crippen molar-refractivity contribution >= 4 is 11.6 Å². The minimum absolute atomic E-state index is 0.157. The first-order chi connectivity index (χ1) is 10.2. The third-order valence-corrected chi connectivity index (χ3v) is 4.53. The van der Waals surface area contributed by atoms with Gasteiger partial charge in [-0.2, -0.15) is 5.10 Å². The Morgan fingerprint density at radius 3 is 3.00 bits per heavy atom. The van der Waals surface area contributed by atoms with E-state index in [0.29, 0.717) is 17.3 Å². The first-order valence-electron chi connectivity index (χ1n) is 8.04. The lowest BCUT2D eigenvalue weighted by Gasteiger charge is -2.14. The van der Waals surface area contributed by atoms with Crippen molar-refractivity contribution in [1.29, 1.82) is 0 Å². The zero-order valence-corrected chi connectivity index (χ0v) is 12.7. The van der Waals surface area contributed by atoms with E-state index in [1.54, 1.807) is 0 Å². The van der Waals surface area contributed by atoms with Crippen molar-refractivity contribution in [3.8, 4) is 0 Å². The molecule has 1 aromatic rings. The number of amides is 1. The fourth-order valence-corrected chi connectivity index (χ4v) is 3.12. The molecule has 1 aliphatic heterocycles. The fourth-order valence-electron chi connectivity index (χ4n) is 3.12. The number of H-pyrrole nitrogens is 1. The summed E-state index contributed by atoms with van der Waals surface area (Å²) in [4.78, 5) is 14.7. The van der Waals surface area contributed by atoms with E-state index in [9.17, 15) is 4.79 Å². The van der Waals surface area contributed by atoms with E-state index in [2.05, 4.69) is 27.3 Å². The summed E-state index contributed by atoms with van der Waals surface area (Å²) in [5, 5.41) is 9.92. The van der Waals surface area contributed by atoms with Gasteiger partial charge in [0.05, 0.1) is 11.4 Å². The van der Waals surface area contributed by atoms with Crippen LogP contribution in [0.2, 0.25) is 0 Å². The van der Waals surface area contributed by atoms with Crippen molar-refractivity contribution in [3.63, 3.8) is 0 Å². The van der Waals surface area contributed by atoms with Crippen molar-refractivity contribution in [2.45, 2.75) is 45.1 Å². The smallest absolute Gasteiger partial charge is 0.273 e. The molecule has 1 unspecified atom stereocenters. The van der Waals surface area contributed by atoms with E-state index >= 15 is 0 Å². The van der Waals surface area contributed by atoms with Crippen LogP contribution in [0.4, 0.5) is 5.69 Å². The Kier molecular flexibility index (Phi) is 4.14. The zero-order valence-electron chi connectivity index (χ0n) is 12.7. The van der Waals surface area contributed by atoms with E-state index in [4.69, 9.17) is 5.73 Å². The highest BCUT2D eigenvalue weighted by Gasteiger charge is 2.34. The molecule has 1 atom stereocenters. The molecule has 0 aromatic carbocycles. The lowest BCUT2D eigenvalue weighted by atomic mass is 10.1. The van der Waals surface area contributed by atoms with Gasteiger partial charge in [-0.3, -0.25) is 9.89 Å². The van der Waals surface area contributed by atoms with Crippen LogP contribution in [0, 0.1) is 5.92 Å². The summed E-state index contributed by atoms with van der Waals surface area (Å²) < 4.78 is 0. The van der Waals surface area contributed by atoms with Gasteiger partial charge < -0.3 is 16.0 Å². The van der Waals surface area contributed by atoms with Crippen LogP contribution in [-0.2, 0) is 6.42 Å². The number of hydrogen-bond acceptors (Lipinski definition) is 4. The van der Waals surface area contributed by atoms with Gasteiger partial charge in [0.25, 0.3) is 5.91 Å². The van der Waals surface area contributed by atoms with Crippen LogP contribution in [0.3, 0.4) is 0 Å². The number of carbonyl (C=O) groups is 1. The average Bonchev–Trinajstić information content (AvgIpc) is 3.12. The maximum atomic E-state index is 12.2. The third kappa shape index (κ3) is 3.20. The quantitative estimate of drug-likeness (QED) is 0.734. The Bertz CT molecular complexity index is 508. The maximum Gasteiger partial charge on any atom is 0.273 e. The van der Waals surface area contributed by atoms with Crippen molar-refractivity contribution in [2.24, 2.45) is 5.92 Å². The van der Waals surface area contributed by atoms with Gasteiger partial charge in [0.15, 0.2) is 5.69 Å². The van der Waals surface area contributed by atoms with Crippen molar-refractivity contribution in [1.82, 2.24) is 20.4 Å². The van der Waals surface area contributed by atoms with Gasteiger partial charge in [0.1, 0.15) is 0 Å². The van der Waals surface area contributed by atoms with Crippen LogP contribution < -0.4 is 11.1 Å². The predicted molar refractivity (Wildman–Crippen MR) is 82.0 cm³/mol. The molecule has 3 rings (SSSR count). The Hall–Kier alpha value is -1.56. The van der Waals surface area contributed by atoms with Crippen LogP contribution in [-0.4, -0.2) is 46.7 Å². The second-order valence-electron chi connectivity index (χ2n) is 6.31. The number of carbonyl (C=O) groups excluding carboxylic acids is 1. The summed E-state index contributed by atoms with van der Waals surface area (Å²) in [6.45, 7) is 5.08. The van der Waals surface area contributed by atoms with Gasteiger partial charge in [-0.05, 0) is 38.1 Å². The highest BCUT2D eigenvalue weighted by molar-refractivity contribution is 5.97. The number of nitrogens with zero attached hydrogens (tertiary/aromatic N) is 2. The minimum atomic E-state index is -0.157. The lowest BCUT2D eigenvalue weighted by Crippen LogP contribution is -2.32. The number of nitrogens with two attached hydrogens (primary N) is 1. The monoisotopic (exact) mass is 291 g/mol. The number of anilines is 1. The molecule has 116 valence electrons. The van der Waals surface area contributed by atoms with E-state index in [0.717, 1.165) is 37.7 Å². The summed E-state index contributed by atoms with van der Waals surface area (Å²) in [6.07, 6.45) is 5.68. The molecule has 0 radical (unpaired) electrons. The number of likely N-dealkylation sites (tertiary alicyclic amines) is 1. The van der Waals surface area contributed by atoms with Crippen LogP contribution in [0.1, 0.15) is 48.8 Å². The molecule has 6 heteroatoms. The zero-order chi connectivity index (χ0) is 14.8. The van der Waals surface area contributed by atoms with E-state index in [-0.39, 0.29) is 5.91 Å². The van der Waals surface area contributed by atoms with Crippen molar-refractivity contribution in [3.05, 3.63) is 11.4 Å². The topological polar surface area (TPSA) is 87.0 Å². The molecule has 4 N–H and O–H groups in total. The first-order valence-corrected chi connectivity index (χ1v) is 8.04. The summed E-state index contributed by atoms with van der Waals surface area (Å²) in [6, 6.07) is 0.823. The van der Waals surface area contributed by atoms with Crippen LogP contribution in [0.5, 0.6) is 0 Å². The second-order valence-corrected chi connectivity index (χ2v) is 6.31. The molecule has 2 heterocycles. The molecule has 2 aliphatic rings. The Labute approximate surface area is 125 Å². The summed E-state index contributed by atoms with van der Waals surface area (Å²) >= 11 is 0. The van der Waals surface area contributed by atoms with Crippen molar-refractivity contribution < 1.29 is 4.79 Å². The normalized spacial score (nSPS) is 22.6. The molecule has 1 aliphatic carbocycles. The van der Waals surface area contributed by atoms with Crippen LogP contribution in [0.15, 0.2) is 0 Å². The SMILES string of the molecule is CCCc1[nH]nc(C(=O)NCC2CCN(C3CC3)C2)c1N. The number of rotatable bonds is 6. The maximum absolute atomic E-state index is 12.2. The molecule has 1 saturated carbocycles. The van der Waals surface area contributed by atoms with Crippen LogP contribution in [0.25, 0.3) is 0 Å². The fraction of sp³-hybridized carbons (Fsp3) is 0.733. The Balaban J connectivity index is 1.50. The molecule has 21 heavy (non-hydrogen) atoms. The lowest BCUT2D eigenvalue weighted by molar-refractivity contribution is 0.0943. The summed E-state index contributed by atoms with van der Waals surface area (Å²) in [7, 11) is 0. The van der Waals surface area contributed by atoms with Gasteiger partial charge in [-0.25, -0.2) is 0 Å². The summed E-state index contributed by atoms with van der Waals surface area (Å²) in [5.41, 5.74) is 7.69. The molecule has 1 aromatic heterocycles. The van der Waals surface area contributed by atoms with Crippen LogP contribution >= 0.6 is 0 Å². The van der Waals surface area contributed by atoms with E-state index in [1.165, 1.54) is 25.8 Å². The highest BCUT2D eigenvalue weighted by atomic mass is 16.1. The number of hydrogen-bond donors (Lipinski definition) is 3. The Morgan fingerprint density at radius 1 is 1.48 bits per heavy atom. The van der Waals surface area contributed by atoms with Gasteiger partial charge in [0.2, 0.25) is 0 Å². The minimum Gasteiger partial charge on any atom is -0.395 e. The first kappa shape index (κ1) is 14.4. The number of aromatic amines is 1. The number of aryl methyl sites for hydroxylation is 1. The van der Waals surface area contributed by atoms with E-state index in [1.807, 2.05) is 0 Å². The third-order valence-electron chi connectivity index (χ3n) is 4.53. The van der Waals surface area contributed by atoms with Gasteiger partial charge in [-0.15, -0.1) is 0 Å². The molecular formula is C15H25N5O. The molecule has 1 amide bonds. The largest absolute Gasteiger partial charge is 0.395 e. The average molecular weight is 291 g/mol. The highest BCUT2D eigenvalue weighted by Crippen LogP contribution is 2.31. The molecule has 0 bridgehead atoms. The summed E-state index contributed by atoms with van der Waals surface area (Å²) in [5.74, 6) is 0.404. The Morgan fingerprint density at radius 2 is 2.29 bits per heavy atom. The van der Waals surface area contributed by atoms with Gasteiger partial charge in [-0.1, -0.05) is 13.3 Å². The molecule has 2 fully saturated rings. The van der Waals surface area contributed by atoms with Crippen molar-refractivity contribution in [2.75, 3.05) is 25.4 Å². The van der Waals surface area contributed by atoms with Gasteiger partial charge in [0, 0.05) is 19.1 Å². The second kappa shape index (κ2) is 6.05. The van der Waals surface area contributed by atoms with E-state index < -0.39 is 0 Å². The molecule has 6 nitrogen and oxygen atoms in total. The molecule has 1 saturated heterocycles. The number of nitrogen functional groups attached to an aromatic ring is 1. The standard InChI is InChI=1S/C15H25N5O/c1-2-3-12-13(16)14(19-18-12)15(21)17-8-10-6-7-20(9-10)11-4-5-11/h10-11H,2-9,16H2,1H3,(H,17,21)(H,18,19). The molecule has 0 spiro atoms. The predicted octanol–water partition coefficient (Wildman–Crippen LogP) is 1.16. The number of nitrogens with one attached hydrogen (secondary N) is 2. The molecular weight excluding hydrogens is 266 g/mol.